The smallest absolute Gasteiger partial charge is 0.257 e. The molecule has 0 bridgehead atoms. The molecule has 0 atom stereocenters. The van der Waals surface area contributed by atoms with Gasteiger partial charge < -0.3 is 14.8 Å². The molecule has 1 amide bonds. The van der Waals surface area contributed by atoms with Crippen molar-refractivity contribution in [1.29, 1.82) is 0 Å². The van der Waals surface area contributed by atoms with Gasteiger partial charge in [-0.1, -0.05) is 11.6 Å². The first-order valence-electron chi connectivity index (χ1n) is 6.29. The Morgan fingerprint density at radius 1 is 1.10 bits per heavy atom. The van der Waals surface area contributed by atoms with Crippen molar-refractivity contribution in [1.82, 2.24) is 0 Å². The van der Waals surface area contributed by atoms with E-state index >= 15 is 0 Å². The van der Waals surface area contributed by atoms with Crippen LogP contribution < -0.4 is 14.8 Å². The number of halogens is 2. The van der Waals surface area contributed by atoms with Gasteiger partial charge in [-0.25, -0.2) is 0 Å². The van der Waals surface area contributed by atoms with Crippen LogP contribution in [0, 0.1) is 3.57 Å². The van der Waals surface area contributed by atoms with Gasteiger partial charge in [0.1, 0.15) is 13.2 Å². The Labute approximate surface area is 140 Å². The van der Waals surface area contributed by atoms with E-state index in [9.17, 15) is 4.79 Å². The van der Waals surface area contributed by atoms with Gasteiger partial charge in [-0.05, 0) is 52.9 Å². The lowest BCUT2D eigenvalue weighted by Gasteiger charge is -2.19. The number of nitrogens with one attached hydrogen (secondary N) is 1. The van der Waals surface area contributed by atoms with Gasteiger partial charge in [0, 0.05) is 15.3 Å². The van der Waals surface area contributed by atoms with E-state index < -0.39 is 0 Å². The van der Waals surface area contributed by atoms with Gasteiger partial charge in [-0.2, -0.15) is 0 Å². The van der Waals surface area contributed by atoms with Crippen LogP contribution in [-0.2, 0) is 0 Å². The lowest BCUT2D eigenvalue weighted by molar-refractivity contribution is 0.102. The molecule has 0 saturated heterocycles. The standard InChI is InChI=1S/C15H11ClINO3/c16-12-3-1-9(17)7-11(12)15(19)18-10-2-4-13-14(8-10)21-6-5-20-13/h1-4,7-8H,5-6H2,(H,18,19). The highest BCUT2D eigenvalue weighted by molar-refractivity contribution is 14.1. The first-order valence-corrected chi connectivity index (χ1v) is 7.75. The average molecular weight is 416 g/mol. The van der Waals surface area contributed by atoms with Gasteiger partial charge >= 0.3 is 0 Å². The van der Waals surface area contributed by atoms with Crippen LogP contribution >= 0.6 is 34.2 Å². The van der Waals surface area contributed by atoms with Crippen LogP contribution in [-0.4, -0.2) is 19.1 Å². The molecule has 1 heterocycles. The second-order valence-corrected chi connectivity index (χ2v) is 6.09. The van der Waals surface area contributed by atoms with Crippen LogP contribution in [0.25, 0.3) is 0 Å². The molecule has 0 saturated carbocycles. The summed E-state index contributed by atoms with van der Waals surface area (Å²) in [5.41, 5.74) is 1.08. The summed E-state index contributed by atoms with van der Waals surface area (Å²) >= 11 is 8.20. The highest BCUT2D eigenvalue weighted by Gasteiger charge is 2.15. The van der Waals surface area contributed by atoms with Crippen molar-refractivity contribution in [2.45, 2.75) is 0 Å². The minimum Gasteiger partial charge on any atom is -0.486 e. The van der Waals surface area contributed by atoms with Crippen LogP contribution in [0.15, 0.2) is 36.4 Å². The molecule has 0 spiro atoms. The zero-order chi connectivity index (χ0) is 14.8. The Morgan fingerprint density at radius 2 is 1.86 bits per heavy atom. The second kappa shape index (κ2) is 6.11. The normalized spacial score (nSPS) is 12.9. The van der Waals surface area contributed by atoms with Crippen LogP contribution in [0.4, 0.5) is 5.69 Å². The average Bonchev–Trinajstić information content (AvgIpc) is 2.49. The summed E-state index contributed by atoms with van der Waals surface area (Å²) in [4.78, 5) is 12.3. The van der Waals surface area contributed by atoms with Crippen molar-refractivity contribution >= 4 is 45.8 Å². The lowest BCUT2D eigenvalue weighted by atomic mass is 10.2. The van der Waals surface area contributed by atoms with E-state index in [0.29, 0.717) is 41.0 Å². The van der Waals surface area contributed by atoms with Gasteiger partial charge in [-0.15, -0.1) is 0 Å². The van der Waals surface area contributed by atoms with E-state index in [1.807, 2.05) is 6.07 Å². The van der Waals surface area contributed by atoms with Crippen molar-refractivity contribution in [2.75, 3.05) is 18.5 Å². The number of benzene rings is 2. The van der Waals surface area contributed by atoms with Gasteiger partial charge in [0.2, 0.25) is 0 Å². The van der Waals surface area contributed by atoms with Crippen LogP contribution in [0.1, 0.15) is 10.4 Å². The number of rotatable bonds is 2. The predicted molar refractivity (Wildman–Crippen MR) is 89.6 cm³/mol. The Bertz CT molecular complexity index is 705. The van der Waals surface area contributed by atoms with E-state index in [4.69, 9.17) is 21.1 Å². The quantitative estimate of drug-likeness (QED) is 0.755. The summed E-state index contributed by atoms with van der Waals surface area (Å²) in [6.07, 6.45) is 0. The number of amides is 1. The topological polar surface area (TPSA) is 47.6 Å². The third kappa shape index (κ3) is 3.24. The fourth-order valence-electron chi connectivity index (χ4n) is 1.99. The van der Waals surface area contributed by atoms with Crippen LogP contribution in [0.5, 0.6) is 11.5 Å². The number of anilines is 1. The first kappa shape index (κ1) is 14.5. The number of carbonyl (C=O) groups is 1. The molecule has 3 rings (SSSR count). The molecule has 6 heteroatoms. The second-order valence-electron chi connectivity index (χ2n) is 4.44. The van der Waals surface area contributed by atoms with Gasteiger partial charge in [-0.3, -0.25) is 4.79 Å². The third-order valence-corrected chi connectivity index (χ3v) is 3.97. The summed E-state index contributed by atoms with van der Waals surface area (Å²) in [7, 11) is 0. The Balaban J connectivity index is 1.83. The molecule has 0 radical (unpaired) electrons. The number of hydrogen-bond donors (Lipinski definition) is 1. The van der Waals surface area contributed by atoms with Gasteiger partial charge in [0.15, 0.2) is 11.5 Å². The molecule has 0 aromatic heterocycles. The maximum absolute atomic E-state index is 12.3. The molecule has 4 nitrogen and oxygen atoms in total. The molecule has 108 valence electrons. The number of hydrogen-bond acceptors (Lipinski definition) is 3. The summed E-state index contributed by atoms with van der Waals surface area (Å²) in [6.45, 7) is 1.05. The first-order chi connectivity index (χ1) is 10.1. The molecule has 2 aromatic rings. The molecule has 21 heavy (non-hydrogen) atoms. The molecular weight excluding hydrogens is 405 g/mol. The maximum Gasteiger partial charge on any atom is 0.257 e. The van der Waals surface area contributed by atoms with Crippen molar-refractivity contribution in [2.24, 2.45) is 0 Å². The molecule has 1 aliphatic rings. The van der Waals surface area contributed by atoms with Gasteiger partial charge in [0.25, 0.3) is 5.91 Å². The molecular formula is C15H11ClINO3. The highest BCUT2D eigenvalue weighted by Crippen LogP contribution is 2.33. The van der Waals surface area contributed by atoms with Gasteiger partial charge in [0.05, 0.1) is 10.6 Å². The molecule has 2 aromatic carbocycles. The van der Waals surface area contributed by atoms with E-state index in [0.717, 1.165) is 3.57 Å². The van der Waals surface area contributed by atoms with E-state index in [1.54, 1.807) is 30.3 Å². The lowest BCUT2D eigenvalue weighted by Crippen LogP contribution is -2.16. The molecule has 1 N–H and O–H groups in total. The SMILES string of the molecule is O=C(Nc1ccc2c(c1)OCCO2)c1cc(I)ccc1Cl. The highest BCUT2D eigenvalue weighted by atomic mass is 127. The summed E-state index contributed by atoms with van der Waals surface area (Å²) in [6, 6.07) is 10.6. The monoisotopic (exact) mass is 415 g/mol. The summed E-state index contributed by atoms with van der Waals surface area (Å²) < 4.78 is 11.9. The minimum atomic E-state index is -0.254. The summed E-state index contributed by atoms with van der Waals surface area (Å²) in [5.74, 6) is 1.06. The third-order valence-electron chi connectivity index (χ3n) is 2.97. The molecule has 0 fully saturated rings. The van der Waals surface area contributed by atoms with Crippen molar-refractivity contribution in [3.8, 4) is 11.5 Å². The van der Waals surface area contributed by atoms with Crippen molar-refractivity contribution in [3.63, 3.8) is 0 Å². The van der Waals surface area contributed by atoms with E-state index in [2.05, 4.69) is 27.9 Å². The van der Waals surface area contributed by atoms with Crippen LogP contribution in [0.2, 0.25) is 5.02 Å². The zero-order valence-electron chi connectivity index (χ0n) is 10.9. The number of fused-ring (bicyclic) bond motifs is 1. The zero-order valence-corrected chi connectivity index (χ0v) is 13.8. The molecule has 0 aliphatic carbocycles. The predicted octanol–water partition coefficient (Wildman–Crippen LogP) is 3.97. The Morgan fingerprint density at radius 3 is 2.67 bits per heavy atom. The van der Waals surface area contributed by atoms with Crippen molar-refractivity contribution < 1.29 is 14.3 Å². The fourth-order valence-corrected chi connectivity index (χ4v) is 2.69. The number of carbonyl (C=O) groups excluding carboxylic acids is 1. The minimum absolute atomic E-state index is 0.254. The van der Waals surface area contributed by atoms with E-state index in [-0.39, 0.29) is 5.91 Å². The Hall–Kier alpha value is -1.47. The van der Waals surface area contributed by atoms with E-state index in [1.165, 1.54) is 0 Å². The Kier molecular flexibility index (Phi) is 4.21. The largest absolute Gasteiger partial charge is 0.486 e. The summed E-state index contributed by atoms with van der Waals surface area (Å²) in [5, 5.41) is 3.24. The fraction of sp³-hybridized carbons (Fsp3) is 0.133. The van der Waals surface area contributed by atoms with Crippen molar-refractivity contribution in [3.05, 3.63) is 50.6 Å². The maximum atomic E-state index is 12.3. The van der Waals surface area contributed by atoms with Crippen LogP contribution in [0.3, 0.4) is 0 Å². The number of ether oxygens (including phenoxy) is 2. The molecule has 0 unspecified atom stereocenters. The molecule has 1 aliphatic heterocycles.